The SMILES string of the molecule is O=C(Nc1nnc(C2CCCCC2)s1)C1(c2ccc(F)cc2)CC1. The first kappa shape index (κ1) is 15.7. The zero-order valence-electron chi connectivity index (χ0n) is 13.4. The van der Waals surface area contributed by atoms with Crippen LogP contribution in [0, 0.1) is 5.82 Å². The van der Waals surface area contributed by atoms with Gasteiger partial charge in [-0.25, -0.2) is 4.39 Å². The second-order valence-corrected chi connectivity index (χ2v) is 7.83. The monoisotopic (exact) mass is 345 g/mol. The van der Waals surface area contributed by atoms with Crippen LogP contribution in [-0.4, -0.2) is 16.1 Å². The summed E-state index contributed by atoms with van der Waals surface area (Å²) in [5, 5.41) is 13.0. The molecule has 2 fully saturated rings. The van der Waals surface area contributed by atoms with Gasteiger partial charge in [0.1, 0.15) is 10.8 Å². The maximum Gasteiger partial charge on any atom is 0.236 e. The number of hydrogen-bond acceptors (Lipinski definition) is 4. The maximum absolute atomic E-state index is 13.1. The van der Waals surface area contributed by atoms with Crippen LogP contribution < -0.4 is 5.32 Å². The average molecular weight is 345 g/mol. The molecule has 1 heterocycles. The van der Waals surface area contributed by atoms with E-state index in [0.29, 0.717) is 11.0 Å². The van der Waals surface area contributed by atoms with Crippen LogP contribution >= 0.6 is 11.3 Å². The molecule has 1 amide bonds. The number of nitrogens with zero attached hydrogens (tertiary/aromatic N) is 2. The number of carbonyl (C=O) groups is 1. The van der Waals surface area contributed by atoms with Crippen LogP contribution in [0.15, 0.2) is 24.3 Å². The molecule has 0 saturated heterocycles. The van der Waals surface area contributed by atoms with Gasteiger partial charge in [0.2, 0.25) is 11.0 Å². The Balaban J connectivity index is 1.46. The molecule has 2 aliphatic rings. The Morgan fingerprint density at radius 3 is 2.50 bits per heavy atom. The zero-order valence-corrected chi connectivity index (χ0v) is 14.2. The van der Waals surface area contributed by atoms with Crippen molar-refractivity contribution in [3.8, 4) is 0 Å². The number of anilines is 1. The fraction of sp³-hybridized carbons (Fsp3) is 0.500. The van der Waals surface area contributed by atoms with Gasteiger partial charge in [-0.05, 0) is 43.4 Å². The quantitative estimate of drug-likeness (QED) is 0.894. The summed E-state index contributed by atoms with van der Waals surface area (Å²) < 4.78 is 13.1. The summed E-state index contributed by atoms with van der Waals surface area (Å²) in [5.74, 6) is 0.158. The van der Waals surface area contributed by atoms with Crippen molar-refractivity contribution in [1.82, 2.24) is 10.2 Å². The van der Waals surface area contributed by atoms with Crippen LogP contribution in [-0.2, 0) is 10.2 Å². The van der Waals surface area contributed by atoms with Crippen LogP contribution in [0.3, 0.4) is 0 Å². The first-order valence-corrected chi connectivity index (χ1v) is 9.40. The third-order valence-corrected chi connectivity index (χ3v) is 6.20. The smallest absolute Gasteiger partial charge is 0.236 e. The molecule has 0 radical (unpaired) electrons. The van der Waals surface area contributed by atoms with E-state index < -0.39 is 5.41 Å². The third kappa shape index (κ3) is 2.95. The second kappa shape index (κ2) is 6.24. The molecule has 4 rings (SSSR count). The average Bonchev–Trinajstić information content (AvgIpc) is 3.30. The standard InChI is InChI=1S/C18H20FN3OS/c19-14-8-6-13(7-9-14)18(10-11-18)16(23)20-17-22-21-15(24-17)12-4-2-1-3-5-12/h6-9,12H,1-5,10-11H2,(H,20,22,23). The number of aromatic nitrogens is 2. The van der Waals surface area contributed by atoms with Crippen molar-refractivity contribution in [2.45, 2.75) is 56.3 Å². The molecule has 2 saturated carbocycles. The number of halogens is 1. The summed E-state index contributed by atoms with van der Waals surface area (Å²) in [6.07, 6.45) is 7.72. The van der Waals surface area contributed by atoms with Crippen molar-refractivity contribution >= 4 is 22.4 Å². The minimum absolute atomic E-state index is 0.0551. The lowest BCUT2D eigenvalue weighted by molar-refractivity contribution is -0.118. The third-order valence-electron chi connectivity index (χ3n) is 5.20. The van der Waals surface area contributed by atoms with E-state index >= 15 is 0 Å². The lowest BCUT2D eigenvalue weighted by atomic mass is 9.90. The van der Waals surface area contributed by atoms with Gasteiger partial charge in [0.15, 0.2) is 0 Å². The van der Waals surface area contributed by atoms with Crippen molar-refractivity contribution < 1.29 is 9.18 Å². The van der Waals surface area contributed by atoms with Gasteiger partial charge in [-0.1, -0.05) is 42.7 Å². The molecule has 0 bridgehead atoms. The van der Waals surface area contributed by atoms with Gasteiger partial charge in [-0.2, -0.15) is 0 Å². The van der Waals surface area contributed by atoms with Crippen LogP contribution in [0.1, 0.15) is 61.4 Å². The van der Waals surface area contributed by atoms with E-state index in [-0.39, 0.29) is 11.7 Å². The van der Waals surface area contributed by atoms with Gasteiger partial charge in [-0.3, -0.25) is 10.1 Å². The van der Waals surface area contributed by atoms with Crippen LogP contribution in [0.25, 0.3) is 0 Å². The highest BCUT2D eigenvalue weighted by Gasteiger charge is 2.51. The minimum atomic E-state index is -0.523. The Morgan fingerprint density at radius 2 is 1.83 bits per heavy atom. The summed E-state index contributed by atoms with van der Waals surface area (Å²) in [4.78, 5) is 12.7. The van der Waals surface area contributed by atoms with Crippen molar-refractivity contribution in [1.29, 1.82) is 0 Å². The molecule has 0 atom stereocenters. The molecule has 4 nitrogen and oxygen atoms in total. The Labute approximate surface area is 144 Å². The van der Waals surface area contributed by atoms with Crippen LogP contribution in [0.4, 0.5) is 9.52 Å². The Kier molecular flexibility index (Phi) is 4.08. The van der Waals surface area contributed by atoms with Crippen LogP contribution in [0.2, 0.25) is 0 Å². The van der Waals surface area contributed by atoms with Gasteiger partial charge in [0.05, 0.1) is 5.41 Å². The van der Waals surface area contributed by atoms with Crippen molar-refractivity contribution in [2.24, 2.45) is 0 Å². The molecule has 6 heteroatoms. The molecule has 1 aromatic carbocycles. The van der Waals surface area contributed by atoms with Gasteiger partial charge in [-0.15, -0.1) is 10.2 Å². The number of hydrogen-bond donors (Lipinski definition) is 1. The Morgan fingerprint density at radius 1 is 1.12 bits per heavy atom. The molecular formula is C18H20FN3OS. The lowest BCUT2D eigenvalue weighted by Gasteiger charge is -2.18. The first-order chi connectivity index (χ1) is 11.7. The summed E-state index contributed by atoms with van der Waals surface area (Å²) in [7, 11) is 0. The predicted octanol–water partition coefficient (Wildman–Crippen LogP) is 4.40. The minimum Gasteiger partial charge on any atom is -0.300 e. The van der Waals surface area contributed by atoms with Gasteiger partial charge in [0.25, 0.3) is 0 Å². The highest BCUT2D eigenvalue weighted by molar-refractivity contribution is 7.15. The highest BCUT2D eigenvalue weighted by atomic mass is 32.1. The topological polar surface area (TPSA) is 54.9 Å². The molecule has 126 valence electrons. The van der Waals surface area contributed by atoms with E-state index in [4.69, 9.17) is 0 Å². The fourth-order valence-corrected chi connectivity index (χ4v) is 4.46. The molecule has 0 aliphatic heterocycles. The number of amides is 1. The molecule has 24 heavy (non-hydrogen) atoms. The van der Waals surface area contributed by atoms with Gasteiger partial charge >= 0.3 is 0 Å². The Hall–Kier alpha value is -1.82. The van der Waals surface area contributed by atoms with E-state index in [1.54, 1.807) is 12.1 Å². The van der Waals surface area contributed by atoms with Crippen molar-refractivity contribution in [3.63, 3.8) is 0 Å². The maximum atomic E-state index is 13.1. The number of rotatable bonds is 4. The largest absolute Gasteiger partial charge is 0.300 e. The summed E-state index contributed by atoms with van der Waals surface area (Å²) >= 11 is 1.50. The molecule has 2 aromatic rings. The van der Waals surface area contributed by atoms with Gasteiger partial charge < -0.3 is 0 Å². The summed E-state index contributed by atoms with van der Waals surface area (Å²) in [5.41, 5.74) is 0.350. The first-order valence-electron chi connectivity index (χ1n) is 8.58. The molecule has 0 unspecified atom stereocenters. The Bertz CT molecular complexity index is 733. The fourth-order valence-electron chi connectivity index (χ4n) is 3.56. The number of benzene rings is 1. The second-order valence-electron chi connectivity index (χ2n) is 6.82. The number of nitrogens with one attached hydrogen (secondary N) is 1. The summed E-state index contributed by atoms with van der Waals surface area (Å²) in [6, 6.07) is 6.23. The van der Waals surface area contributed by atoms with Gasteiger partial charge in [0, 0.05) is 5.92 Å². The van der Waals surface area contributed by atoms with E-state index in [0.717, 1.165) is 23.4 Å². The molecular weight excluding hydrogens is 325 g/mol. The molecule has 1 N–H and O–H groups in total. The predicted molar refractivity (Wildman–Crippen MR) is 91.7 cm³/mol. The highest BCUT2D eigenvalue weighted by Crippen LogP contribution is 2.49. The summed E-state index contributed by atoms with van der Waals surface area (Å²) in [6.45, 7) is 0. The van der Waals surface area contributed by atoms with Crippen molar-refractivity contribution in [3.05, 3.63) is 40.7 Å². The van der Waals surface area contributed by atoms with E-state index in [2.05, 4.69) is 15.5 Å². The van der Waals surface area contributed by atoms with E-state index in [1.807, 2.05) is 0 Å². The molecule has 2 aliphatic carbocycles. The molecule has 1 aromatic heterocycles. The van der Waals surface area contributed by atoms with E-state index in [1.165, 1.54) is 55.6 Å². The zero-order chi connectivity index (χ0) is 16.6. The normalized spacial score (nSPS) is 19.9. The number of carbonyl (C=O) groups excluding carboxylic acids is 1. The lowest BCUT2D eigenvalue weighted by Crippen LogP contribution is -2.27. The molecule has 0 spiro atoms. The van der Waals surface area contributed by atoms with Crippen LogP contribution in [0.5, 0.6) is 0 Å². The van der Waals surface area contributed by atoms with Crippen molar-refractivity contribution in [2.75, 3.05) is 5.32 Å². The van der Waals surface area contributed by atoms with E-state index in [9.17, 15) is 9.18 Å².